The third-order valence-corrected chi connectivity index (χ3v) is 6.18. The Bertz CT molecular complexity index is 866. The lowest BCUT2D eigenvalue weighted by Crippen LogP contribution is -2.32. The van der Waals surface area contributed by atoms with Crippen LogP contribution in [0.15, 0.2) is 53.4 Å². The molecule has 2 aromatic rings. The first-order valence-electron chi connectivity index (χ1n) is 8.40. The molecular weight excluding hydrogens is 355 g/mol. The molecule has 140 valence electrons. The van der Waals surface area contributed by atoms with E-state index < -0.39 is 20.7 Å². The highest BCUT2D eigenvalue weighted by Gasteiger charge is 2.27. The molecule has 0 spiro atoms. The highest BCUT2D eigenvalue weighted by Crippen LogP contribution is 2.21. The van der Waals surface area contributed by atoms with E-state index >= 15 is 0 Å². The number of nitrogens with zero attached hydrogens (tertiary/aromatic N) is 2. The zero-order valence-corrected chi connectivity index (χ0v) is 16.0. The Labute approximate surface area is 154 Å². The number of carbonyl (C=O) groups is 1. The molecule has 0 fully saturated rings. The number of halogens is 1. The molecule has 0 saturated carbocycles. The van der Waals surface area contributed by atoms with Gasteiger partial charge in [-0.05, 0) is 23.8 Å². The smallest absolute Gasteiger partial charge is 0.253 e. The molecule has 0 unspecified atom stereocenters. The minimum Gasteiger partial charge on any atom is -0.337 e. The van der Waals surface area contributed by atoms with E-state index in [2.05, 4.69) is 0 Å². The average Bonchev–Trinajstić information content (AvgIpc) is 2.63. The van der Waals surface area contributed by atoms with Gasteiger partial charge in [-0.1, -0.05) is 44.2 Å². The molecule has 0 heterocycles. The van der Waals surface area contributed by atoms with Gasteiger partial charge in [0.2, 0.25) is 10.0 Å². The lowest BCUT2D eigenvalue weighted by Gasteiger charge is -2.20. The first-order valence-corrected chi connectivity index (χ1v) is 9.84. The Hall–Kier alpha value is -2.25. The first kappa shape index (κ1) is 20.1. The second kappa shape index (κ2) is 8.42. The largest absolute Gasteiger partial charge is 0.337 e. The van der Waals surface area contributed by atoms with Gasteiger partial charge in [0.15, 0.2) is 0 Å². The average molecular weight is 378 g/mol. The lowest BCUT2D eigenvalue weighted by atomic mass is 10.1. The minimum absolute atomic E-state index is 0.135. The fraction of sp³-hybridized carbons (Fsp3) is 0.316. The van der Waals surface area contributed by atoms with E-state index in [-0.39, 0.29) is 24.6 Å². The second-order valence-electron chi connectivity index (χ2n) is 5.88. The highest BCUT2D eigenvalue weighted by molar-refractivity contribution is 7.89. The molecule has 2 aromatic carbocycles. The zero-order valence-electron chi connectivity index (χ0n) is 15.1. The standard InChI is InChI=1S/C19H23FN2O3S/c1-4-22(5-2)26(24,25)18-13-16(11-12-17(18)20)19(23)21(3)14-15-9-7-6-8-10-15/h6-13H,4-5,14H2,1-3H3. The van der Waals surface area contributed by atoms with Gasteiger partial charge in [0, 0.05) is 32.2 Å². The van der Waals surface area contributed by atoms with Gasteiger partial charge >= 0.3 is 0 Å². The number of amides is 1. The van der Waals surface area contributed by atoms with E-state index in [1.807, 2.05) is 30.3 Å². The Morgan fingerprint density at radius 2 is 1.65 bits per heavy atom. The molecule has 0 aliphatic heterocycles. The van der Waals surface area contributed by atoms with Crippen LogP contribution in [0.1, 0.15) is 29.8 Å². The lowest BCUT2D eigenvalue weighted by molar-refractivity contribution is 0.0784. The first-order chi connectivity index (χ1) is 12.3. The Balaban J connectivity index is 2.32. The maximum atomic E-state index is 14.2. The van der Waals surface area contributed by atoms with Crippen molar-refractivity contribution in [2.45, 2.75) is 25.3 Å². The molecule has 0 saturated heterocycles. The molecular formula is C19H23FN2O3S. The normalized spacial score (nSPS) is 11.6. The van der Waals surface area contributed by atoms with Crippen molar-refractivity contribution in [2.75, 3.05) is 20.1 Å². The molecule has 26 heavy (non-hydrogen) atoms. The van der Waals surface area contributed by atoms with Gasteiger partial charge in [-0.3, -0.25) is 4.79 Å². The number of carbonyl (C=O) groups excluding carboxylic acids is 1. The molecule has 2 rings (SSSR count). The van der Waals surface area contributed by atoms with E-state index in [0.29, 0.717) is 6.54 Å². The third kappa shape index (κ3) is 4.28. The van der Waals surface area contributed by atoms with Crippen LogP contribution in [0.5, 0.6) is 0 Å². The van der Waals surface area contributed by atoms with Gasteiger partial charge < -0.3 is 4.90 Å². The molecule has 5 nitrogen and oxygen atoms in total. The van der Waals surface area contributed by atoms with Crippen molar-refractivity contribution >= 4 is 15.9 Å². The summed E-state index contributed by atoms with van der Waals surface area (Å²) >= 11 is 0. The van der Waals surface area contributed by atoms with Crippen LogP contribution in [0.3, 0.4) is 0 Å². The maximum Gasteiger partial charge on any atom is 0.253 e. The zero-order chi connectivity index (χ0) is 19.3. The fourth-order valence-electron chi connectivity index (χ4n) is 2.69. The SMILES string of the molecule is CCN(CC)S(=O)(=O)c1cc(C(=O)N(C)Cc2ccccc2)ccc1F. The summed E-state index contributed by atoms with van der Waals surface area (Å²) in [6, 6.07) is 12.9. The molecule has 0 aliphatic rings. The topological polar surface area (TPSA) is 57.7 Å². The molecule has 1 amide bonds. The van der Waals surface area contributed by atoms with Crippen molar-refractivity contribution in [1.29, 1.82) is 0 Å². The van der Waals surface area contributed by atoms with Crippen LogP contribution in [-0.2, 0) is 16.6 Å². The van der Waals surface area contributed by atoms with Gasteiger partial charge in [-0.15, -0.1) is 0 Å². The summed E-state index contributed by atoms with van der Waals surface area (Å²) in [7, 11) is -2.36. The predicted octanol–water partition coefficient (Wildman–Crippen LogP) is 3.13. The molecule has 0 aliphatic carbocycles. The number of hydrogen-bond donors (Lipinski definition) is 0. The van der Waals surface area contributed by atoms with Crippen molar-refractivity contribution in [3.63, 3.8) is 0 Å². The van der Waals surface area contributed by atoms with Crippen LogP contribution >= 0.6 is 0 Å². The molecule has 7 heteroatoms. The van der Waals surface area contributed by atoms with Crippen molar-refractivity contribution in [1.82, 2.24) is 9.21 Å². The van der Waals surface area contributed by atoms with Gasteiger partial charge in [0.25, 0.3) is 5.91 Å². The van der Waals surface area contributed by atoms with E-state index in [1.54, 1.807) is 20.9 Å². The molecule has 0 radical (unpaired) electrons. The summed E-state index contributed by atoms with van der Waals surface area (Å²) in [6.07, 6.45) is 0. The van der Waals surface area contributed by atoms with E-state index in [0.717, 1.165) is 22.0 Å². The van der Waals surface area contributed by atoms with Crippen LogP contribution in [0.4, 0.5) is 4.39 Å². The second-order valence-corrected chi connectivity index (χ2v) is 7.79. The molecule has 0 bridgehead atoms. The van der Waals surface area contributed by atoms with Gasteiger partial charge in [-0.2, -0.15) is 4.31 Å². The van der Waals surface area contributed by atoms with Crippen LogP contribution < -0.4 is 0 Å². The number of hydrogen-bond acceptors (Lipinski definition) is 3. The molecule has 0 atom stereocenters. The van der Waals surface area contributed by atoms with E-state index in [1.165, 1.54) is 11.0 Å². The Morgan fingerprint density at radius 1 is 1.04 bits per heavy atom. The van der Waals surface area contributed by atoms with Gasteiger partial charge in [-0.25, -0.2) is 12.8 Å². The maximum absolute atomic E-state index is 14.2. The summed E-state index contributed by atoms with van der Waals surface area (Å²) in [6.45, 7) is 4.19. The molecule has 0 N–H and O–H groups in total. The van der Waals surface area contributed by atoms with Crippen molar-refractivity contribution < 1.29 is 17.6 Å². The van der Waals surface area contributed by atoms with Crippen molar-refractivity contribution in [3.05, 3.63) is 65.5 Å². The monoisotopic (exact) mass is 378 g/mol. The Kier molecular flexibility index (Phi) is 6.50. The van der Waals surface area contributed by atoms with E-state index in [4.69, 9.17) is 0 Å². The van der Waals surface area contributed by atoms with E-state index in [9.17, 15) is 17.6 Å². The number of benzene rings is 2. The number of rotatable bonds is 7. The molecule has 0 aromatic heterocycles. The Morgan fingerprint density at radius 3 is 2.23 bits per heavy atom. The van der Waals surface area contributed by atoms with Crippen LogP contribution in [0.25, 0.3) is 0 Å². The summed E-state index contributed by atoms with van der Waals surface area (Å²) in [5.74, 6) is -1.23. The van der Waals surface area contributed by atoms with Crippen LogP contribution in [0, 0.1) is 5.82 Å². The summed E-state index contributed by atoms with van der Waals surface area (Å²) in [4.78, 5) is 13.6. The van der Waals surface area contributed by atoms with Crippen LogP contribution in [0.2, 0.25) is 0 Å². The summed E-state index contributed by atoms with van der Waals surface area (Å²) < 4.78 is 40.6. The summed E-state index contributed by atoms with van der Waals surface area (Å²) in [5.41, 5.74) is 1.08. The summed E-state index contributed by atoms with van der Waals surface area (Å²) in [5, 5.41) is 0. The predicted molar refractivity (Wildman–Crippen MR) is 98.7 cm³/mol. The van der Waals surface area contributed by atoms with Gasteiger partial charge in [0.1, 0.15) is 10.7 Å². The quantitative estimate of drug-likeness (QED) is 0.744. The fourth-order valence-corrected chi connectivity index (χ4v) is 4.23. The minimum atomic E-state index is -3.98. The number of sulfonamides is 1. The third-order valence-electron chi connectivity index (χ3n) is 4.11. The highest BCUT2D eigenvalue weighted by atomic mass is 32.2. The van der Waals surface area contributed by atoms with Crippen molar-refractivity contribution in [2.24, 2.45) is 0 Å². The van der Waals surface area contributed by atoms with Crippen LogP contribution in [-0.4, -0.2) is 43.7 Å². The van der Waals surface area contributed by atoms with Gasteiger partial charge in [0.05, 0.1) is 0 Å². The van der Waals surface area contributed by atoms with Crippen molar-refractivity contribution in [3.8, 4) is 0 Å².